The predicted octanol–water partition coefficient (Wildman–Crippen LogP) is 3.91. The summed E-state index contributed by atoms with van der Waals surface area (Å²) in [6.07, 6.45) is 0.792. The number of para-hydroxylation sites is 1. The molecule has 0 radical (unpaired) electrons. The van der Waals surface area contributed by atoms with Crippen LogP contribution in [-0.4, -0.2) is 33.3 Å². The molecule has 0 aliphatic carbocycles. The average molecular weight is 524 g/mol. The van der Waals surface area contributed by atoms with E-state index in [1.807, 2.05) is 48.5 Å². The van der Waals surface area contributed by atoms with Gasteiger partial charge < -0.3 is 15.0 Å². The Morgan fingerprint density at radius 2 is 1.91 bits per heavy atom. The predicted molar refractivity (Wildman–Crippen MR) is 129 cm³/mol. The van der Waals surface area contributed by atoms with Crippen LogP contribution in [0, 0.1) is 17.2 Å². The number of rotatable bonds is 5. The van der Waals surface area contributed by atoms with Crippen molar-refractivity contribution in [3.63, 3.8) is 0 Å². The standard InChI is InChI=1S/C23H18BrN5O3S/c1-2-32-23(31)19-18(13-28(27-19)15-6-4-3-5-7-15)20-26-21(30)17(12-25)22(33)29(20)16-10-8-14(24)9-11-16/h3-11,13,17,20H,2H2,1H3,(H,26,30)/t17-,20-/m1/s1. The lowest BCUT2D eigenvalue weighted by Crippen LogP contribution is -2.55. The first-order valence-electron chi connectivity index (χ1n) is 10.0. The Hall–Kier alpha value is -3.55. The molecule has 10 heteroatoms. The third-order valence-electron chi connectivity index (χ3n) is 5.04. The van der Waals surface area contributed by atoms with Gasteiger partial charge in [0.1, 0.15) is 11.2 Å². The van der Waals surface area contributed by atoms with Gasteiger partial charge in [-0.15, -0.1) is 0 Å². The number of esters is 1. The van der Waals surface area contributed by atoms with Crippen LogP contribution < -0.4 is 10.2 Å². The number of amides is 1. The van der Waals surface area contributed by atoms with Gasteiger partial charge in [0.05, 0.1) is 18.4 Å². The summed E-state index contributed by atoms with van der Waals surface area (Å²) in [6.45, 7) is 1.87. The van der Waals surface area contributed by atoms with Crippen molar-refractivity contribution in [2.75, 3.05) is 11.5 Å². The van der Waals surface area contributed by atoms with Gasteiger partial charge in [-0.1, -0.05) is 46.3 Å². The van der Waals surface area contributed by atoms with Crippen molar-refractivity contribution in [3.05, 3.63) is 76.5 Å². The SMILES string of the molecule is CCOC(=O)c1nn(-c2ccccc2)cc1[C@@H]1NC(=O)[C@@H](C#N)C(=S)N1c1ccc(Br)cc1. The first-order valence-corrected chi connectivity index (χ1v) is 11.3. The van der Waals surface area contributed by atoms with Crippen molar-refractivity contribution in [1.82, 2.24) is 15.1 Å². The summed E-state index contributed by atoms with van der Waals surface area (Å²) in [5.74, 6) is -2.31. The minimum absolute atomic E-state index is 0.0475. The molecule has 2 aromatic carbocycles. The number of halogens is 1. The fourth-order valence-corrected chi connectivity index (χ4v) is 4.16. The number of ether oxygens (including phenoxy) is 1. The first kappa shape index (κ1) is 22.6. The number of carbonyl (C=O) groups excluding carboxylic acids is 2. The van der Waals surface area contributed by atoms with Crippen molar-refractivity contribution >= 4 is 50.7 Å². The zero-order chi connectivity index (χ0) is 23.5. The second kappa shape index (κ2) is 9.52. The molecule has 4 rings (SSSR count). The number of nitriles is 1. The fraction of sp³-hybridized carbons (Fsp3) is 0.174. The van der Waals surface area contributed by atoms with E-state index < -0.39 is 24.0 Å². The molecule has 1 aromatic heterocycles. The molecule has 0 saturated carbocycles. The molecular weight excluding hydrogens is 506 g/mol. The summed E-state index contributed by atoms with van der Waals surface area (Å²) in [4.78, 5) is 27.3. The van der Waals surface area contributed by atoms with Gasteiger partial charge in [0.25, 0.3) is 0 Å². The maximum Gasteiger partial charge on any atom is 0.359 e. The van der Waals surface area contributed by atoms with Crippen molar-refractivity contribution in [1.29, 1.82) is 5.26 Å². The molecule has 166 valence electrons. The quantitative estimate of drug-likeness (QED) is 0.399. The van der Waals surface area contributed by atoms with Gasteiger partial charge in [0, 0.05) is 21.9 Å². The molecule has 1 fully saturated rings. The van der Waals surface area contributed by atoms with Crippen LogP contribution in [0.15, 0.2) is 65.3 Å². The topological polar surface area (TPSA) is 100 Å². The highest BCUT2D eigenvalue weighted by molar-refractivity contribution is 9.10. The van der Waals surface area contributed by atoms with E-state index >= 15 is 0 Å². The zero-order valence-corrected chi connectivity index (χ0v) is 19.8. The Morgan fingerprint density at radius 1 is 1.21 bits per heavy atom. The van der Waals surface area contributed by atoms with Gasteiger partial charge in [0.2, 0.25) is 5.91 Å². The number of benzene rings is 2. The molecular formula is C23H18BrN5O3S. The van der Waals surface area contributed by atoms with E-state index in [1.165, 1.54) is 0 Å². The number of nitrogens with one attached hydrogen (secondary N) is 1. The number of carbonyl (C=O) groups is 2. The van der Waals surface area contributed by atoms with Crippen LogP contribution in [0.5, 0.6) is 0 Å². The molecule has 0 bridgehead atoms. The number of thiocarbonyl (C=S) groups is 1. The highest BCUT2D eigenvalue weighted by Crippen LogP contribution is 2.34. The number of hydrogen-bond donors (Lipinski definition) is 1. The lowest BCUT2D eigenvalue weighted by atomic mass is 10.0. The van der Waals surface area contributed by atoms with Crippen molar-refractivity contribution < 1.29 is 14.3 Å². The van der Waals surface area contributed by atoms with E-state index in [4.69, 9.17) is 17.0 Å². The Kier molecular flexibility index (Phi) is 6.53. The molecule has 8 nitrogen and oxygen atoms in total. The monoisotopic (exact) mass is 523 g/mol. The van der Waals surface area contributed by atoms with E-state index in [0.29, 0.717) is 11.3 Å². The molecule has 2 heterocycles. The van der Waals surface area contributed by atoms with E-state index in [0.717, 1.165) is 10.2 Å². The maximum absolute atomic E-state index is 12.8. The third kappa shape index (κ3) is 4.37. The van der Waals surface area contributed by atoms with Crippen molar-refractivity contribution in [2.45, 2.75) is 13.1 Å². The molecule has 1 aliphatic heterocycles. The van der Waals surface area contributed by atoms with Crippen LogP contribution in [0.1, 0.15) is 29.1 Å². The highest BCUT2D eigenvalue weighted by atomic mass is 79.9. The Bertz CT molecular complexity index is 1250. The molecule has 0 spiro atoms. The molecule has 1 N–H and O–H groups in total. The van der Waals surface area contributed by atoms with Gasteiger partial charge in [-0.3, -0.25) is 4.79 Å². The average Bonchev–Trinajstić information content (AvgIpc) is 3.26. The molecule has 1 amide bonds. The van der Waals surface area contributed by atoms with Crippen LogP contribution in [0.2, 0.25) is 0 Å². The van der Waals surface area contributed by atoms with E-state index in [2.05, 4.69) is 26.3 Å². The number of nitrogens with zero attached hydrogens (tertiary/aromatic N) is 4. The van der Waals surface area contributed by atoms with E-state index in [1.54, 1.807) is 34.8 Å². The molecule has 1 aliphatic rings. The molecule has 0 unspecified atom stereocenters. The molecule has 3 aromatic rings. The summed E-state index contributed by atoms with van der Waals surface area (Å²) >= 11 is 8.97. The minimum Gasteiger partial charge on any atom is -0.461 e. The van der Waals surface area contributed by atoms with E-state index in [9.17, 15) is 14.9 Å². The van der Waals surface area contributed by atoms with Crippen molar-refractivity contribution in [2.24, 2.45) is 5.92 Å². The highest BCUT2D eigenvalue weighted by Gasteiger charge is 2.42. The van der Waals surface area contributed by atoms with Gasteiger partial charge in [-0.25, -0.2) is 9.48 Å². The molecule has 2 atom stereocenters. The molecule has 1 saturated heterocycles. The second-order valence-electron chi connectivity index (χ2n) is 7.09. The third-order valence-corrected chi connectivity index (χ3v) is 6.01. The summed E-state index contributed by atoms with van der Waals surface area (Å²) in [5.41, 5.74) is 1.82. The lowest BCUT2D eigenvalue weighted by Gasteiger charge is -2.39. The van der Waals surface area contributed by atoms with Crippen LogP contribution in [0.3, 0.4) is 0 Å². The maximum atomic E-state index is 12.8. The van der Waals surface area contributed by atoms with Crippen LogP contribution in [0.25, 0.3) is 5.69 Å². The lowest BCUT2D eigenvalue weighted by molar-refractivity contribution is -0.123. The van der Waals surface area contributed by atoms with E-state index in [-0.39, 0.29) is 17.3 Å². The summed E-state index contributed by atoms with van der Waals surface area (Å²) in [7, 11) is 0. The second-order valence-corrected chi connectivity index (χ2v) is 8.43. The van der Waals surface area contributed by atoms with Gasteiger partial charge in [-0.2, -0.15) is 10.4 Å². The smallest absolute Gasteiger partial charge is 0.359 e. The fourth-order valence-electron chi connectivity index (χ4n) is 3.53. The summed E-state index contributed by atoms with van der Waals surface area (Å²) < 4.78 is 7.63. The van der Waals surface area contributed by atoms with Gasteiger partial charge >= 0.3 is 5.97 Å². The number of anilines is 1. The minimum atomic E-state index is -1.14. The number of hydrogen-bond acceptors (Lipinski definition) is 6. The van der Waals surface area contributed by atoms with Crippen LogP contribution >= 0.6 is 28.1 Å². The summed E-state index contributed by atoms with van der Waals surface area (Å²) in [6, 6.07) is 18.5. The Labute approximate surface area is 203 Å². The largest absolute Gasteiger partial charge is 0.461 e. The summed E-state index contributed by atoms with van der Waals surface area (Å²) in [5, 5.41) is 16.8. The Balaban J connectivity index is 1.88. The van der Waals surface area contributed by atoms with Gasteiger partial charge in [0.15, 0.2) is 11.6 Å². The molecule has 33 heavy (non-hydrogen) atoms. The van der Waals surface area contributed by atoms with Crippen LogP contribution in [-0.2, 0) is 9.53 Å². The van der Waals surface area contributed by atoms with Crippen LogP contribution in [0.4, 0.5) is 5.69 Å². The Morgan fingerprint density at radius 3 is 2.55 bits per heavy atom. The van der Waals surface area contributed by atoms with Gasteiger partial charge in [-0.05, 0) is 43.3 Å². The first-order chi connectivity index (χ1) is 15.9. The van der Waals surface area contributed by atoms with Crippen molar-refractivity contribution in [3.8, 4) is 11.8 Å². The number of aromatic nitrogens is 2. The zero-order valence-electron chi connectivity index (χ0n) is 17.4. The normalized spacial score (nSPS) is 17.9.